The van der Waals surface area contributed by atoms with Gasteiger partial charge in [0.15, 0.2) is 0 Å². The maximum Gasteiger partial charge on any atom is 0.311 e. The minimum Gasteiger partial charge on any atom is -0.490 e. The lowest BCUT2D eigenvalue weighted by Crippen LogP contribution is -2.14. The molecule has 0 aliphatic carbocycles. The van der Waals surface area contributed by atoms with Crippen molar-refractivity contribution < 1.29 is 19.4 Å². The Morgan fingerprint density at radius 2 is 1.36 bits per heavy atom. The summed E-state index contributed by atoms with van der Waals surface area (Å²) in [4.78, 5) is 11.6. The fourth-order valence-electron chi connectivity index (χ4n) is 2.84. The highest BCUT2D eigenvalue weighted by Crippen LogP contribution is 2.23. The van der Waals surface area contributed by atoms with Crippen molar-refractivity contribution in [3.8, 4) is 11.5 Å². The van der Waals surface area contributed by atoms with Crippen LogP contribution in [0.2, 0.25) is 5.02 Å². The van der Waals surface area contributed by atoms with Crippen LogP contribution in [0.1, 0.15) is 17.0 Å². The van der Waals surface area contributed by atoms with E-state index in [9.17, 15) is 9.90 Å². The van der Waals surface area contributed by atoms with Crippen molar-refractivity contribution in [1.29, 1.82) is 0 Å². The molecule has 3 aromatic carbocycles. The minimum absolute atomic E-state index is 0.406. The van der Waals surface area contributed by atoms with Gasteiger partial charge >= 0.3 is 5.97 Å². The molecule has 0 fully saturated rings. The molecule has 0 saturated heterocycles. The molecule has 0 aromatic heterocycles. The first kappa shape index (κ1) is 19.8. The number of halogens is 1. The Labute approximate surface area is 169 Å². The molecular formula is C23H21ClO4. The Kier molecular flexibility index (Phi) is 6.93. The molecule has 0 spiro atoms. The number of carboxylic acids is 1. The highest BCUT2D eigenvalue weighted by Gasteiger charge is 2.19. The van der Waals surface area contributed by atoms with E-state index in [1.807, 2.05) is 66.7 Å². The zero-order chi connectivity index (χ0) is 19.8. The number of carboxylic acid groups (broad SMARTS) is 1. The number of rotatable bonds is 9. The molecule has 3 aromatic rings. The Morgan fingerprint density at radius 3 is 1.89 bits per heavy atom. The first-order chi connectivity index (χ1) is 13.6. The van der Waals surface area contributed by atoms with Crippen molar-refractivity contribution >= 4 is 17.6 Å². The van der Waals surface area contributed by atoms with E-state index >= 15 is 0 Å². The molecule has 0 radical (unpaired) electrons. The van der Waals surface area contributed by atoms with Gasteiger partial charge in [-0.15, -0.1) is 0 Å². The molecule has 0 amide bonds. The lowest BCUT2D eigenvalue weighted by atomic mass is 9.92. The lowest BCUT2D eigenvalue weighted by molar-refractivity contribution is -0.138. The maximum absolute atomic E-state index is 11.6. The Bertz CT molecular complexity index is 877. The summed E-state index contributed by atoms with van der Waals surface area (Å²) in [5.74, 6) is 0.0608. The second-order valence-corrected chi connectivity index (χ2v) is 6.74. The average molecular weight is 397 g/mol. The van der Waals surface area contributed by atoms with Gasteiger partial charge in [-0.25, -0.2) is 0 Å². The van der Waals surface area contributed by atoms with E-state index in [4.69, 9.17) is 21.1 Å². The SMILES string of the molecule is O=C(O)C(Cc1ccc(OCCOc2ccc(Cl)cc2)cc1)c1ccccc1. The fourth-order valence-corrected chi connectivity index (χ4v) is 2.97. The molecule has 1 unspecified atom stereocenters. The van der Waals surface area contributed by atoms with Crippen molar-refractivity contribution in [3.05, 3.63) is 95.0 Å². The molecule has 4 nitrogen and oxygen atoms in total. The Hall–Kier alpha value is -2.98. The van der Waals surface area contributed by atoms with Crippen LogP contribution in [0.25, 0.3) is 0 Å². The first-order valence-corrected chi connectivity index (χ1v) is 9.37. The van der Waals surface area contributed by atoms with Crippen LogP contribution in [0.15, 0.2) is 78.9 Å². The zero-order valence-corrected chi connectivity index (χ0v) is 16.0. The molecule has 1 atom stereocenters. The van der Waals surface area contributed by atoms with Crippen LogP contribution >= 0.6 is 11.6 Å². The van der Waals surface area contributed by atoms with Crippen LogP contribution in [0.5, 0.6) is 11.5 Å². The number of aliphatic carboxylic acids is 1. The first-order valence-electron chi connectivity index (χ1n) is 8.99. The molecule has 144 valence electrons. The van der Waals surface area contributed by atoms with Gasteiger partial charge in [-0.1, -0.05) is 54.1 Å². The topological polar surface area (TPSA) is 55.8 Å². The van der Waals surface area contributed by atoms with Crippen molar-refractivity contribution in [1.82, 2.24) is 0 Å². The molecule has 28 heavy (non-hydrogen) atoms. The van der Waals surface area contributed by atoms with Gasteiger partial charge in [0, 0.05) is 5.02 Å². The lowest BCUT2D eigenvalue weighted by Gasteiger charge is -2.13. The minimum atomic E-state index is -0.828. The van der Waals surface area contributed by atoms with Crippen LogP contribution in [-0.4, -0.2) is 24.3 Å². The standard InChI is InChI=1S/C23H21ClO4/c24-19-8-12-21(13-9-19)28-15-14-27-20-10-6-17(7-11-20)16-22(23(25)26)18-4-2-1-3-5-18/h1-13,22H,14-16H2,(H,25,26). The summed E-state index contributed by atoms with van der Waals surface area (Å²) in [6, 6.07) is 23.9. The summed E-state index contributed by atoms with van der Waals surface area (Å²) in [6.45, 7) is 0.822. The molecule has 5 heteroatoms. The molecule has 0 heterocycles. The van der Waals surface area contributed by atoms with Crippen LogP contribution in [0.3, 0.4) is 0 Å². The second-order valence-electron chi connectivity index (χ2n) is 6.30. The van der Waals surface area contributed by atoms with Crippen molar-refractivity contribution in [2.24, 2.45) is 0 Å². The Balaban J connectivity index is 1.50. The summed E-state index contributed by atoms with van der Waals surface area (Å²) >= 11 is 5.84. The Morgan fingerprint density at radius 1 is 0.821 bits per heavy atom. The van der Waals surface area contributed by atoms with Gasteiger partial charge in [0.25, 0.3) is 0 Å². The number of benzene rings is 3. The molecule has 0 aliphatic rings. The highest BCUT2D eigenvalue weighted by molar-refractivity contribution is 6.30. The van der Waals surface area contributed by atoms with E-state index in [1.165, 1.54) is 0 Å². The van der Waals surface area contributed by atoms with Gasteiger partial charge < -0.3 is 14.6 Å². The zero-order valence-electron chi connectivity index (χ0n) is 15.3. The average Bonchev–Trinajstić information content (AvgIpc) is 2.72. The van der Waals surface area contributed by atoms with E-state index in [0.29, 0.717) is 24.7 Å². The molecular weight excluding hydrogens is 376 g/mol. The van der Waals surface area contributed by atoms with Crippen molar-refractivity contribution in [2.45, 2.75) is 12.3 Å². The number of hydrogen-bond donors (Lipinski definition) is 1. The molecule has 3 rings (SSSR count). The summed E-state index contributed by atoms with van der Waals surface area (Å²) in [5.41, 5.74) is 1.75. The van der Waals surface area contributed by atoms with Crippen LogP contribution in [0, 0.1) is 0 Å². The van der Waals surface area contributed by atoms with Gasteiger partial charge in [-0.2, -0.15) is 0 Å². The van der Waals surface area contributed by atoms with E-state index in [-0.39, 0.29) is 0 Å². The van der Waals surface area contributed by atoms with Crippen molar-refractivity contribution in [2.75, 3.05) is 13.2 Å². The van der Waals surface area contributed by atoms with E-state index in [1.54, 1.807) is 12.1 Å². The predicted molar refractivity (Wildman–Crippen MR) is 109 cm³/mol. The number of carbonyl (C=O) groups is 1. The van der Waals surface area contributed by atoms with Gasteiger partial charge in [0.05, 0.1) is 5.92 Å². The normalized spacial score (nSPS) is 11.6. The van der Waals surface area contributed by atoms with Gasteiger partial charge in [-0.05, 0) is 53.9 Å². The molecule has 0 aliphatic heterocycles. The summed E-state index contributed by atoms with van der Waals surface area (Å²) in [6.07, 6.45) is 0.430. The molecule has 0 saturated carbocycles. The predicted octanol–water partition coefficient (Wildman–Crippen LogP) is 5.21. The van der Waals surface area contributed by atoms with E-state index in [0.717, 1.165) is 22.6 Å². The monoisotopic (exact) mass is 396 g/mol. The van der Waals surface area contributed by atoms with E-state index < -0.39 is 11.9 Å². The summed E-state index contributed by atoms with van der Waals surface area (Å²) in [5, 5.41) is 10.2. The largest absolute Gasteiger partial charge is 0.490 e. The summed E-state index contributed by atoms with van der Waals surface area (Å²) < 4.78 is 11.3. The van der Waals surface area contributed by atoms with Crippen LogP contribution in [0.4, 0.5) is 0 Å². The van der Waals surface area contributed by atoms with Crippen LogP contribution in [-0.2, 0) is 11.2 Å². The smallest absolute Gasteiger partial charge is 0.311 e. The van der Waals surface area contributed by atoms with Crippen LogP contribution < -0.4 is 9.47 Å². The number of ether oxygens (including phenoxy) is 2. The third kappa shape index (κ3) is 5.76. The summed E-state index contributed by atoms with van der Waals surface area (Å²) in [7, 11) is 0. The quantitative estimate of drug-likeness (QED) is 0.504. The third-order valence-corrected chi connectivity index (χ3v) is 4.55. The van der Waals surface area contributed by atoms with E-state index in [2.05, 4.69) is 0 Å². The maximum atomic E-state index is 11.6. The van der Waals surface area contributed by atoms with Gasteiger partial charge in [0.2, 0.25) is 0 Å². The van der Waals surface area contributed by atoms with Gasteiger partial charge in [-0.3, -0.25) is 4.79 Å². The van der Waals surface area contributed by atoms with Gasteiger partial charge in [0.1, 0.15) is 24.7 Å². The highest BCUT2D eigenvalue weighted by atomic mass is 35.5. The number of hydrogen-bond acceptors (Lipinski definition) is 3. The fraction of sp³-hybridized carbons (Fsp3) is 0.174. The third-order valence-electron chi connectivity index (χ3n) is 4.30. The molecule has 0 bridgehead atoms. The van der Waals surface area contributed by atoms with Crippen molar-refractivity contribution in [3.63, 3.8) is 0 Å². The second kappa shape index (κ2) is 9.81. The molecule has 1 N–H and O–H groups in total.